The Morgan fingerprint density at radius 3 is 2.34 bits per heavy atom. The van der Waals surface area contributed by atoms with Gasteiger partial charge in [0.05, 0.1) is 0 Å². The van der Waals surface area contributed by atoms with Crippen LogP contribution in [0.15, 0.2) is 83.3 Å². The van der Waals surface area contributed by atoms with Gasteiger partial charge in [-0.2, -0.15) is 0 Å². The van der Waals surface area contributed by atoms with Gasteiger partial charge in [-0.1, -0.05) is 83.0 Å². The molecule has 3 aromatic carbocycles. The maximum atomic E-state index is 6.30. The lowest BCUT2D eigenvalue weighted by Gasteiger charge is -2.28. The molecule has 0 heterocycles. The number of hydrogen-bond donors (Lipinski definition) is 1. The zero-order valence-corrected chi connectivity index (χ0v) is 18.3. The van der Waals surface area contributed by atoms with Gasteiger partial charge in [0, 0.05) is 22.0 Å². The van der Waals surface area contributed by atoms with Crippen LogP contribution in [-0.4, -0.2) is 12.6 Å². The maximum Gasteiger partial charge on any atom is 0.123 e. The van der Waals surface area contributed by atoms with E-state index in [0.29, 0.717) is 18.6 Å². The molecule has 3 aromatic rings. The topological polar surface area (TPSA) is 21.3 Å². The summed E-state index contributed by atoms with van der Waals surface area (Å²) in [7, 11) is 0. The first-order chi connectivity index (χ1) is 14.3. The van der Waals surface area contributed by atoms with Crippen molar-refractivity contribution in [3.8, 4) is 5.75 Å². The van der Waals surface area contributed by atoms with Gasteiger partial charge in [-0.3, -0.25) is 0 Å². The Balaban J connectivity index is 1.57. The molecule has 0 aromatic heterocycles. The molecule has 150 valence electrons. The average Bonchev–Trinajstić information content (AvgIpc) is 2.73. The highest BCUT2D eigenvalue weighted by Crippen LogP contribution is 2.36. The quantitative estimate of drug-likeness (QED) is 0.392. The fraction of sp³-hybridized carbons (Fsp3) is 0.308. The van der Waals surface area contributed by atoms with E-state index in [1.807, 2.05) is 6.07 Å². The van der Waals surface area contributed by atoms with Gasteiger partial charge in [0.25, 0.3) is 0 Å². The van der Waals surface area contributed by atoms with Gasteiger partial charge in [-0.15, -0.1) is 0 Å². The number of ether oxygens (including phenoxy) is 1. The molecule has 1 atom stereocenters. The zero-order valence-electron chi connectivity index (χ0n) is 16.7. The van der Waals surface area contributed by atoms with Crippen LogP contribution in [0.1, 0.15) is 48.3 Å². The second kappa shape index (κ2) is 10.1. The van der Waals surface area contributed by atoms with E-state index >= 15 is 0 Å². The van der Waals surface area contributed by atoms with Crippen molar-refractivity contribution in [2.24, 2.45) is 0 Å². The largest absolute Gasteiger partial charge is 0.489 e. The molecule has 1 fully saturated rings. The summed E-state index contributed by atoms with van der Waals surface area (Å²) in [5, 5.41) is 3.73. The fourth-order valence-corrected chi connectivity index (χ4v) is 4.27. The van der Waals surface area contributed by atoms with Gasteiger partial charge in [0.15, 0.2) is 0 Å². The normalized spacial score (nSPS) is 14.9. The minimum atomic E-state index is 0.298. The summed E-state index contributed by atoms with van der Waals surface area (Å²) in [5.74, 6) is 1.27. The van der Waals surface area contributed by atoms with Gasteiger partial charge in [-0.25, -0.2) is 0 Å². The molecule has 1 unspecified atom stereocenters. The van der Waals surface area contributed by atoms with Crippen LogP contribution in [0.5, 0.6) is 5.75 Å². The molecule has 2 nitrogen and oxygen atoms in total. The second-order valence-corrected chi connectivity index (χ2v) is 8.71. The first kappa shape index (κ1) is 20.2. The average molecular weight is 450 g/mol. The summed E-state index contributed by atoms with van der Waals surface area (Å²) in [5.41, 5.74) is 3.77. The van der Waals surface area contributed by atoms with E-state index < -0.39 is 0 Å². The summed E-state index contributed by atoms with van der Waals surface area (Å²) in [4.78, 5) is 0. The van der Waals surface area contributed by atoms with Crippen LogP contribution in [0.25, 0.3) is 0 Å². The summed E-state index contributed by atoms with van der Waals surface area (Å²) in [6.07, 6.45) is 5.05. The molecule has 0 aliphatic heterocycles. The van der Waals surface area contributed by atoms with Crippen molar-refractivity contribution in [1.82, 2.24) is 5.32 Å². The van der Waals surface area contributed by atoms with Gasteiger partial charge >= 0.3 is 0 Å². The lowest BCUT2D eigenvalue weighted by molar-refractivity contribution is 0.300. The number of benzene rings is 3. The molecular formula is C26H28BrNO. The molecule has 1 N–H and O–H groups in total. The minimum absolute atomic E-state index is 0.298. The molecule has 1 aliphatic carbocycles. The summed E-state index contributed by atoms with van der Waals surface area (Å²) >= 11 is 3.67. The molecular weight excluding hydrogens is 422 g/mol. The van der Waals surface area contributed by atoms with Crippen molar-refractivity contribution in [2.45, 2.75) is 44.2 Å². The van der Waals surface area contributed by atoms with Crippen LogP contribution in [0.4, 0.5) is 0 Å². The van der Waals surface area contributed by atoms with Crippen molar-refractivity contribution < 1.29 is 4.74 Å². The molecule has 0 amide bonds. The monoisotopic (exact) mass is 449 g/mol. The third-order valence-electron chi connectivity index (χ3n) is 5.76. The van der Waals surface area contributed by atoms with Gasteiger partial charge in [-0.05, 0) is 55.1 Å². The van der Waals surface area contributed by atoms with Crippen molar-refractivity contribution in [3.05, 3.63) is 100 Å². The van der Waals surface area contributed by atoms with Gasteiger partial charge < -0.3 is 10.1 Å². The van der Waals surface area contributed by atoms with Crippen molar-refractivity contribution in [3.63, 3.8) is 0 Å². The lowest BCUT2D eigenvalue weighted by atomic mass is 9.87. The van der Waals surface area contributed by atoms with E-state index in [1.165, 1.54) is 36.0 Å². The molecule has 29 heavy (non-hydrogen) atoms. The van der Waals surface area contributed by atoms with E-state index in [0.717, 1.165) is 23.2 Å². The summed E-state index contributed by atoms with van der Waals surface area (Å²) in [6.45, 7) is 1.60. The molecule has 3 heteroatoms. The highest BCUT2D eigenvalue weighted by atomic mass is 79.9. The van der Waals surface area contributed by atoms with Crippen LogP contribution in [0.3, 0.4) is 0 Å². The van der Waals surface area contributed by atoms with E-state index in [4.69, 9.17) is 4.74 Å². The van der Waals surface area contributed by atoms with E-state index in [9.17, 15) is 0 Å². The van der Waals surface area contributed by atoms with E-state index in [2.05, 4.69) is 94.0 Å². The third kappa shape index (κ3) is 5.49. The van der Waals surface area contributed by atoms with Gasteiger partial charge in [0.2, 0.25) is 0 Å². The third-order valence-corrected chi connectivity index (χ3v) is 6.25. The van der Waals surface area contributed by atoms with Crippen LogP contribution >= 0.6 is 15.9 Å². The second-order valence-electron chi connectivity index (χ2n) is 7.79. The molecule has 0 radical (unpaired) electrons. The maximum absolute atomic E-state index is 6.30. The predicted molar refractivity (Wildman–Crippen MR) is 123 cm³/mol. The standard InChI is InChI=1S/C26H28BrNO/c27-22-14-15-26(29-19-20-8-3-1-4-9-20)25(18-22)24(21-10-5-2-6-11-21)16-17-28-23-12-7-13-23/h1-6,8-11,14-15,18,23-24,28H,7,12-13,16-17,19H2. The molecule has 1 saturated carbocycles. The first-order valence-electron chi connectivity index (χ1n) is 10.5. The number of rotatable bonds is 9. The van der Waals surface area contributed by atoms with Crippen molar-refractivity contribution in [2.75, 3.05) is 6.54 Å². The van der Waals surface area contributed by atoms with Crippen molar-refractivity contribution >= 4 is 15.9 Å². The Kier molecular flexibility index (Phi) is 7.02. The van der Waals surface area contributed by atoms with E-state index in [1.54, 1.807) is 0 Å². The van der Waals surface area contributed by atoms with E-state index in [-0.39, 0.29) is 0 Å². The molecule has 0 spiro atoms. The summed E-state index contributed by atoms with van der Waals surface area (Å²) < 4.78 is 7.39. The molecule has 1 aliphatic rings. The van der Waals surface area contributed by atoms with Crippen molar-refractivity contribution in [1.29, 1.82) is 0 Å². The Bertz CT molecular complexity index is 893. The molecule has 0 bridgehead atoms. The van der Waals surface area contributed by atoms with Crippen LogP contribution < -0.4 is 10.1 Å². The van der Waals surface area contributed by atoms with Crippen LogP contribution in [-0.2, 0) is 6.61 Å². The fourth-order valence-electron chi connectivity index (χ4n) is 3.89. The lowest BCUT2D eigenvalue weighted by Crippen LogP contribution is -2.36. The predicted octanol–water partition coefficient (Wildman–Crippen LogP) is 6.69. The molecule has 4 rings (SSSR count). The Labute approximate surface area is 182 Å². The number of hydrogen-bond acceptors (Lipinski definition) is 2. The highest BCUT2D eigenvalue weighted by molar-refractivity contribution is 9.10. The SMILES string of the molecule is Brc1ccc(OCc2ccccc2)c(C(CCNC2CCC2)c2ccccc2)c1. The van der Waals surface area contributed by atoms with Gasteiger partial charge in [0.1, 0.15) is 12.4 Å². The minimum Gasteiger partial charge on any atom is -0.489 e. The number of nitrogens with one attached hydrogen (secondary N) is 1. The highest BCUT2D eigenvalue weighted by Gasteiger charge is 2.21. The Hall–Kier alpha value is -2.10. The first-order valence-corrected chi connectivity index (χ1v) is 11.3. The Morgan fingerprint density at radius 1 is 0.931 bits per heavy atom. The van der Waals surface area contributed by atoms with Crippen LogP contribution in [0, 0.1) is 0 Å². The summed E-state index contributed by atoms with van der Waals surface area (Å²) in [6, 6.07) is 28.3. The smallest absolute Gasteiger partial charge is 0.123 e. The Morgan fingerprint density at radius 2 is 1.66 bits per heavy atom. The molecule has 0 saturated heterocycles. The zero-order chi connectivity index (χ0) is 19.9. The van der Waals surface area contributed by atoms with Crippen LogP contribution in [0.2, 0.25) is 0 Å². The number of halogens is 1.